The van der Waals surface area contributed by atoms with Gasteiger partial charge in [0.15, 0.2) is 11.5 Å². The lowest BCUT2D eigenvalue weighted by molar-refractivity contribution is 0.354. The van der Waals surface area contributed by atoms with Gasteiger partial charge in [-0.2, -0.15) is 5.10 Å². The van der Waals surface area contributed by atoms with Crippen LogP contribution in [-0.2, 0) is 13.1 Å². The molecule has 3 aromatic carbocycles. The molecule has 5 heteroatoms. The van der Waals surface area contributed by atoms with Crippen LogP contribution in [0.4, 0.5) is 0 Å². The number of nitrogens with one attached hydrogen (secondary N) is 1. The first-order chi connectivity index (χ1) is 15.2. The molecule has 1 N–H and O–H groups in total. The SMILES string of the molecule is COc1ccc(CN/N=C/c2cn(Cc3ccccc3C)c3ccccc23)cc1OC. The molecule has 31 heavy (non-hydrogen) atoms. The van der Waals surface area contributed by atoms with Gasteiger partial charge in [-0.25, -0.2) is 0 Å². The average Bonchev–Trinajstić information content (AvgIpc) is 3.15. The molecule has 1 heterocycles. The first kappa shape index (κ1) is 20.5. The number of hydrogen-bond acceptors (Lipinski definition) is 4. The van der Waals surface area contributed by atoms with E-state index in [0.717, 1.165) is 23.4 Å². The van der Waals surface area contributed by atoms with Crippen molar-refractivity contribution in [3.8, 4) is 11.5 Å². The third kappa shape index (κ3) is 4.56. The van der Waals surface area contributed by atoms with Crippen molar-refractivity contribution < 1.29 is 9.47 Å². The fourth-order valence-electron chi connectivity index (χ4n) is 3.72. The lowest BCUT2D eigenvalue weighted by atomic mass is 10.1. The van der Waals surface area contributed by atoms with Crippen LogP contribution >= 0.6 is 0 Å². The molecular weight excluding hydrogens is 386 g/mol. The van der Waals surface area contributed by atoms with E-state index in [2.05, 4.69) is 76.7 Å². The van der Waals surface area contributed by atoms with Gasteiger partial charge in [0.1, 0.15) is 0 Å². The maximum absolute atomic E-state index is 5.37. The Morgan fingerprint density at radius 2 is 1.71 bits per heavy atom. The molecule has 4 rings (SSSR count). The van der Waals surface area contributed by atoms with E-state index in [-0.39, 0.29) is 0 Å². The summed E-state index contributed by atoms with van der Waals surface area (Å²) < 4.78 is 12.9. The largest absolute Gasteiger partial charge is 0.493 e. The molecule has 0 aliphatic carbocycles. The number of hydrogen-bond donors (Lipinski definition) is 1. The zero-order valence-corrected chi connectivity index (χ0v) is 18.1. The summed E-state index contributed by atoms with van der Waals surface area (Å²) in [5.74, 6) is 1.43. The van der Waals surface area contributed by atoms with Crippen LogP contribution in [-0.4, -0.2) is 25.0 Å². The van der Waals surface area contributed by atoms with Crippen molar-refractivity contribution in [3.05, 3.63) is 95.2 Å². The number of para-hydroxylation sites is 1. The van der Waals surface area contributed by atoms with Crippen molar-refractivity contribution in [3.63, 3.8) is 0 Å². The van der Waals surface area contributed by atoms with E-state index in [9.17, 15) is 0 Å². The van der Waals surface area contributed by atoms with Crippen LogP contribution in [0.15, 0.2) is 78.0 Å². The van der Waals surface area contributed by atoms with E-state index in [4.69, 9.17) is 9.47 Å². The number of benzene rings is 3. The molecule has 0 saturated carbocycles. The third-order valence-electron chi connectivity index (χ3n) is 5.45. The number of methoxy groups -OCH3 is 2. The highest BCUT2D eigenvalue weighted by Crippen LogP contribution is 2.27. The van der Waals surface area contributed by atoms with Crippen LogP contribution in [0.1, 0.15) is 22.3 Å². The standard InChI is InChI=1S/C26H27N3O2/c1-19-8-4-5-9-21(19)17-29-18-22(23-10-6-7-11-24(23)29)16-28-27-15-20-12-13-25(30-2)26(14-20)31-3/h4-14,16,18,27H,15,17H2,1-3H3/b28-16+. The van der Waals surface area contributed by atoms with Crippen molar-refractivity contribution in [2.75, 3.05) is 14.2 Å². The Labute approximate surface area is 182 Å². The van der Waals surface area contributed by atoms with Crippen LogP contribution in [0.2, 0.25) is 0 Å². The number of ether oxygens (including phenoxy) is 2. The number of aryl methyl sites for hydroxylation is 1. The van der Waals surface area contributed by atoms with Gasteiger partial charge in [0.2, 0.25) is 0 Å². The van der Waals surface area contributed by atoms with Crippen molar-refractivity contribution >= 4 is 17.1 Å². The second-order valence-corrected chi connectivity index (χ2v) is 7.44. The molecule has 0 amide bonds. The highest BCUT2D eigenvalue weighted by molar-refractivity contribution is 5.99. The Hall–Kier alpha value is -3.73. The van der Waals surface area contributed by atoms with Gasteiger partial charge in [-0.05, 0) is 41.8 Å². The Kier molecular flexibility index (Phi) is 6.22. The zero-order chi connectivity index (χ0) is 21.6. The zero-order valence-electron chi connectivity index (χ0n) is 18.1. The Bertz CT molecular complexity index is 1210. The maximum atomic E-state index is 5.37. The average molecular weight is 414 g/mol. The Morgan fingerprint density at radius 3 is 2.52 bits per heavy atom. The fourth-order valence-corrected chi connectivity index (χ4v) is 3.72. The molecule has 0 spiro atoms. The van der Waals surface area contributed by atoms with E-state index < -0.39 is 0 Å². The quantitative estimate of drug-likeness (QED) is 0.321. The van der Waals surface area contributed by atoms with Crippen molar-refractivity contribution in [1.82, 2.24) is 9.99 Å². The smallest absolute Gasteiger partial charge is 0.161 e. The number of hydrazone groups is 1. The molecular formula is C26H27N3O2. The van der Waals surface area contributed by atoms with Gasteiger partial charge in [-0.15, -0.1) is 0 Å². The summed E-state index contributed by atoms with van der Waals surface area (Å²) >= 11 is 0. The fraction of sp³-hybridized carbons (Fsp3) is 0.192. The summed E-state index contributed by atoms with van der Waals surface area (Å²) in [6.07, 6.45) is 4.05. The molecule has 158 valence electrons. The van der Waals surface area contributed by atoms with Crippen LogP contribution in [0, 0.1) is 6.92 Å². The van der Waals surface area contributed by atoms with Gasteiger partial charge in [0.05, 0.1) is 27.0 Å². The summed E-state index contributed by atoms with van der Waals surface area (Å²) in [5, 5.41) is 5.65. The van der Waals surface area contributed by atoms with E-state index in [1.54, 1.807) is 14.2 Å². The van der Waals surface area contributed by atoms with Crippen molar-refractivity contribution in [2.45, 2.75) is 20.0 Å². The van der Waals surface area contributed by atoms with Crippen molar-refractivity contribution in [2.24, 2.45) is 5.10 Å². The molecule has 0 saturated heterocycles. The minimum absolute atomic E-state index is 0.596. The van der Waals surface area contributed by atoms with E-state index >= 15 is 0 Å². The van der Waals surface area contributed by atoms with Gasteiger partial charge in [0, 0.05) is 29.2 Å². The van der Waals surface area contributed by atoms with Gasteiger partial charge < -0.3 is 19.5 Å². The summed E-state index contributed by atoms with van der Waals surface area (Å²) in [6.45, 7) is 3.58. The Morgan fingerprint density at radius 1 is 0.935 bits per heavy atom. The van der Waals surface area contributed by atoms with Crippen LogP contribution in [0.5, 0.6) is 11.5 Å². The van der Waals surface area contributed by atoms with Crippen LogP contribution in [0.25, 0.3) is 10.9 Å². The van der Waals surface area contributed by atoms with Crippen LogP contribution in [0.3, 0.4) is 0 Å². The van der Waals surface area contributed by atoms with E-state index in [1.165, 1.54) is 22.0 Å². The predicted molar refractivity (Wildman–Crippen MR) is 126 cm³/mol. The summed E-state index contributed by atoms with van der Waals surface area (Å²) in [7, 11) is 3.27. The molecule has 0 radical (unpaired) electrons. The molecule has 0 bridgehead atoms. The summed E-state index contributed by atoms with van der Waals surface area (Å²) in [5.41, 5.74) is 9.11. The van der Waals surface area contributed by atoms with E-state index in [1.807, 2.05) is 24.4 Å². The lowest BCUT2D eigenvalue weighted by Crippen LogP contribution is -2.06. The lowest BCUT2D eigenvalue weighted by Gasteiger charge is -2.09. The highest BCUT2D eigenvalue weighted by atomic mass is 16.5. The molecule has 5 nitrogen and oxygen atoms in total. The minimum atomic E-state index is 0.596. The van der Waals surface area contributed by atoms with Gasteiger partial charge in [-0.3, -0.25) is 0 Å². The molecule has 0 unspecified atom stereocenters. The molecule has 4 aromatic rings. The third-order valence-corrected chi connectivity index (χ3v) is 5.45. The molecule has 0 aliphatic rings. The topological polar surface area (TPSA) is 47.8 Å². The molecule has 1 aromatic heterocycles. The Balaban J connectivity index is 1.51. The number of fused-ring (bicyclic) bond motifs is 1. The van der Waals surface area contributed by atoms with E-state index in [0.29, 0.717) is 12.3 Å². The monoisotopic (exact) mass is 413 g/mol. The maximum Gasteiger partial charge on any atom is 0.161 e. The summed E-state index contributed by atoms with van der Waals surface area (Å²) in [6, 6.07) is 22.8. The first-order valence-electron chi connectivity index (χ1n) is 10.3. The first-order valence-corrected chi connectivity index (χ1v) is 10.3. The summed E-state index contributed by atoms with van der Waals surface area (Å²) in [4.78, 5) is 0. The molecule has 0 aliphatic heterocycles. The van der Waals surface area contributed by atoms with Gasteiger partial charge in [-0.1, -0.05) is 48.5 Å². The number of rotatable bonds is 8. The number of aromatic nitrogens is 1. The number of nitrogens with zero attached hydrogens (tertiary/aromatic N) is 2. The normalized spacial score (nSPS) is 11.2. The van der Waals surface area contributed by atoms with Crippen molar-refractivity contribution in [1.29, 1.82) is 0 Å². The molecule has 0 fully saturated rings. The van der Waals surface area contributed by atoms with Crippen LogP contribution < -0.4 is 14.9 Å². The second-order valence-electron chi connectivity index (χ2n) is 7.44. The minimum Gasteiger partial charge on any atom is -0.493 e. The highest BCUT2D eigenvalue weighted by Gasteiger charge is 2.08. The second kappa shape index (κ2) is 9.39. The van der Waals surface area contributed by atoms with Gasteiger partial charge >= 0.3 is 0 Å². The van der Waals surface area contributed by atoms with Gasteiger partial charge in [0.25, 0.3) is 0 Å². The predicted octanol–water partition coefficient (Wildman–Crippen LogP) is 5.14. The molecule has 0 atom stereocenters.